The third-order valence-electron chi connectivity index (χ3n) is 0. The second-order valence-electron chi connectivity index (χ2n) is 0.600. The molecule has 0 aromatic heterocycles. The van der Waals surface area contributed by atoms with Crippen molar-refractivity contribution in [3.63, 3.8) is 0 Å². The monoisotopic (exact) mass is 360 g/mol. The van der Waals surface area contributed by atoms with Crippen molar-refractivity contribution in [3.05, 3.63) is 0 Å². The summed E-state index contributed by atoms with van der Waals surface area (Å²) in [7, 11) is -4.61. The first kappa shape index (κ1) is 22.9. The van der Waals surface area contributed by atoms with Crippen LogP contribution in [0.3, 0.4) is 0 Å². The average molecular weight is 359 g/mol. The molecule has 0 heterocycles. The van der Waals surface area contributed by atoms with E-state index in [9.17, 15) is 0 Å². The van der Waals surface area contributed by atoms with Crippen molar-refractivity contribution < 1.29 is 19.2 Å². The molecule has 4 N–H and O–H groups in total. The van der Waals surface area contributed by atoms with Crippen LogP contribution in [0.4, 0.5) is 0 Å². The van der Waals surface area contributed by atoms with Crippen molar-refractivity contribution in [1.82, 2.24) is 0 Å². The van der Waals surface area contributed by atoms with E-state index in [4.69, 9.17) is 19.2 Å². The Kier molecular flexibility index (Phi) is 32.9. The van der Waals surface area contributed by atoms with Gasteiger partial charge in [-0.2, -0.15) is 0 Å². The van der Waals surface area contributed by atoms with Gasteiger partial charge in [-0.15, -0.1) is 0 Å². The molecule has 0 saturated heterocycles. The van der Waals surface area contributed by atoms with Gasteiger partial charge in [0.2, 0.25) is 0 Å². The van der Waals surface area contributed by atoms with E-state index in [2.05, 4.69) is 0 Å². The molecule has 32 valence electrons. The molecule has 0 radical (unpaired) electrons. The van der Waals surface area contributed by atoms with Crippen LogP contribution in [-0.2, 0) is 0 Å². The van der Waals surface area contributed by atoms with Crippen LogP contribution in [0.5, 0.6) is 0 Å². The molecule has 0 aromatic carbocycles. The van der Waals surface area contributed by atoms with Gasteiger partial charge in [-0.1, -0.05) is 0 Å². The fourth-order valence-electron chi connectivity index (χ4n) is 0. The summed E-state index contributed by atoms with van der Waals surface area (Å²) < 4.78 is 0. The van der Waals surface area contributed by atoms with Crippen LogP contribution in [0.15, 0.2) is 0 Å². The third kappa shape index (κ3) is 46.8. The van der Waals surface area contributed by atoms with E-state index < -0.39 is 9.05 Å². The van der Waals surface area contributed by atoms with Crippen molar-refractivity contribution in [3.8, 4) is 0 Å². The molecule has 0 aliphatic heterocycles. The summed E-state index contributed by atoms with van der Waals surface area (Å²) in [6.45, 7) is 0. The van der Waals surface area contributed by atoms with E-state index in [-0.39, 0.29) is 136 Å². The molecule has 0 saturated carbocycles. The van der Waals surface area contributed by atoms with Gasteiger partial charge < -0.3 is 19.2 Å². The first-order valence-electron chi connectivity index (χ1n) is 0.894. The first-order valence-corrected chi connectivity index (χ1v) is 2.68. The Morgan fingerprint density at radius 1 is 0.625 bits per heavy atom. The fourth-order valence-corrected chi connectivity index (χ4v) is 0. The summed E-state index contributed by atoms with van der Waals surface area (Å²) >= 11 is 0. The second kappa shape index (κ2) is 11.5. The van der Waals surface area contributed by atoms with Gasteiger partial charge in [0, 0.05) is 0 Å². The Balaban J connectivity index is -0.0000000267. The molecule has 0 unspecified atom stereocenters. The predicted molar refractivity (Wildman–Crippen MR) is 31.9 cm³/mol. The SMILES string of the molecule is O[Si](O)(O)O.[Sr+2].[Sr+2].[Sr+2]. The van der Waals surface area contributed by atoms with Crippen molar-refractivity contribution in [1.29, 1.82) is 0 Å². The minimum atomic E-state index is -4.61. The van der Waals surface area contributed by atoms with Gasteiger partial charge in [0.05, 0.1) is 0 Å². The Labute approximate surface area is 160 Å². The van der Waals surface area contributed by atoms with Gasteiger partial charge in [-0.25, -0.2) is 0 Å². The maximum atomic E-state index is 7.33. The van der Waals surface area contributed by atoms with Crippen molar-refractivity contribution >= 4 is 145 Å². The van der Waals surface area contributed by atoms with Crippen LogP contribution in [0, 0.1) is 0 Å². The molecule has 0 atom stereocenters. The number of rotatable bonds is 0. The smallest absolute Gasteiger partial charge is 0.368 e. The zero-order valence-electron chi connectivity index (χ0n) is 4.41. The van der Waals surface area contributed by atoms with E-state index >= 15 is 0 Å². The van der Waals surface area contributed by atoms with E-state index in [0.29, 0.717) is 0 Å². The summed E-state index contributed by atoms with van der Waals surface area (Å²) in [6, 6.07) is 0. The van der Waals surface area contributed by atoms with Gasteiger partial charge in [0.15, 0.2) is 0 Å². The molecule has 0 amide bonds. The topological polar surface area (TPSA) is 80.9 Å². The molecule has 0 spiro atoms. The zero-order valence-corrected chi connectivity index (χ0v) is 15.8. The van der Waals surface area contributed by atoms with E-state index in [0.717, 1.165) is 0 Å². The molecule has 0 aliphatic rings. The minimum Gasteiger partial charge on any atom is -0.368 e. The van der Waals surface area contributed by atoms with E-state index in [1.165, 1.54) is 0 Å². The van der Waals surface area contributed by atoms with Crippen LogP contribution in [0.25, 0.3) is 0 Å². The molecular formula is H4O4SiSr3+6. The Morgan fingerprint density at radius 2 is 0.625 bits per heavy atom. The largest absolute Gasteiger partial charge is 2.00 e. The molecule has 4 nitrogen and oxygen atoms in total. The Morgan fingerprint density at radius 3 is 0.625 bits per heavy atom. The molecule has 0 aliphatic carbocycles. The van der Waals surface area contributed by atoms with Crippen LogP contribution in [0.2, 0.25) is 0 Å². The van der Waals surface area contributed by atoms with Gasteiger partial charge in [0.25, 0.3) is 0 Å². The molecule has 0 aromatic rings. The van der Waals surface area contributed by atoms with Crippen LogP contribution in [0.1, 0.15) is 0 Å². The molecule has 0 rings (SSSR count). The predicted octanol–water partition coefficient (Wildman–Crippen LogP) is -3.75. The summed E-state index contributed by atoms with van der Waals surface area (Å²) in [5, 5.41) is 0. The molecular weight excluding hydrogens is 355 g/mol. The van der Waals surface area contributed by atoms with Crippen LogP contribution in [-0.4, -0.2) is 165 Å². The third-order valence-corrected chi connectivity index (χ3v) is 0. The second-order valence-corrected chi connectivity index (χ2v) is 1.80. The molecule has 8 heavy (non-hydrogen) atoms. The van der Waals surface area contributed by atoms with Crippen LogP contribution >= 0.6 is 0 Å². The zero-order chi connectivity index (χ0) is 4.50. The van der Waals surface area contributed by atoms with Gasteiger partial charge in [-0.05, 0) is 0 Å². The maximum absolute atomic E-state index is 7.33. The standard InChI is InChI=1S/H4O4Si.3Sr/c1-5(2,3)4;;;/h1-4H;;;/q;3*+2. The summed E-state index contributed by atoms with van der Waals surface area (Å²) in [6.07, 6.45) is 0. The average Bonchev–Trinajstić information content (AvgIpc) is 0.722. The van der Waals surface area contributed by atoms with Crippen molar-refractivity contribution in [2.45, 2.75) is 0 Å². The Hall–Kier alpha value is 4.50. The Bertz CT molecular complexity index is 26.8. The molecule has 0 bridgehead atoms. The summed E-state index contributed by atoms with van der Waals surface area (Å²) in [5.74, 6) is 0. The quantitative estimate of drug-likeness (QED) is 0.335. The van der Waals surface area contributed by atoms with E-state index in [1.54, 1.807) is 0 Å². The van der Waals surface area contributed by atoms with Gasteiger partial charge >= 0.3 is 145 Å². The molecule has 8 heteroatoms. The number of hydrogen-bond acceptors (Lipinski definition) is 4. The summed E-state index contributed by atoms with van der Waals surface area (Å²) in [5.41, 5.74) is 0. The number of hydrogen-bond donors (Lipinski definition) is 4. The van der Waals surface area contributed by atoms with Crippen molar-refractivity contribution in [2.75, 3.05) is 0 Å². The normalized spacial score (nSPS) is 7.50. The van der Waals surface area contributed by atoms with Gasteiger partial charge in [-0.3, -0.25) is 0 Å². The van der Waals surface area contributed by atoms with E-state index in [1.807, 2.05) is 0 Å². The van der Waals surface area contributed by atoms with Crippen LogP contribution < -0.4 is 0 Å². The minimum absolute atomic E-state index is 0. The fraction of sp³-hybridized carbons (Fsp3) is 0. The first-order chi connectivity index (χ1) is 2.00. The summed E-state index contributed by atoms with van der Waals surface area (Å²) in [4.78, 5) is 29.3. The van der Waals surface area contributed by atoms with Gasteiger partial charge in [0.1, 0.15) is 0 Å². The maximum Gasteiger partial charge on any atom is 2.00 e. The van der Waals surface area contributed by atoms with Crippen molar-refractivity contribution in [2.24, 2.45) is 0 Å². The molecule has 0 fully saturated rings.